The molecular formula is C15H20ClN3O6S. The summed E-state index contributed by atoms with van der Waals surface area (Å²) in [6.45, 7) is 3.94. The lowest BCUT2D eigenvalue weighted by Gasteiger charge is -2.14. The lowest BCUT2D eigenvalue weighted by Crippen LogP contribution is -2.45. The third-order valence-corrected chi connectivity index (χ3v) is 4.58. The number of ether oxygens (including phenoxy) is 1. The topological polar surface area (TPSA) is 131 Å². The van der Waals surface area contributed by atoms with Gasteiger partial charge in [0.2, 0.25) is 10.0 Å². The number of esters is 1. The van der Waals surface area contributed by atoms with E-state index < -0.39 is 40.6 Å². The van der Waals surface area contributed by atoms with E-state index in [1.165, 1.54) is 31.2 Å². The molecule has 3 amide bonds. The van der Waals surface area contributed by atoms with Crippen LogP contribution in [0, 0.1) is 0 Å². The van der Waals surface area contributed by atoms with E-state index in [9.17, 15) is 22.8 Å². The summed E-state index contributed by atoms with van der Waals surface area (Å²) in [6, 6.07) is 3.34. The maximum Gasteiger partial charge on any atom is 0.324 e. The molecule has 0 fully saturated rings. The first-order valence-corrected chi connectivity index (χ1v) is 9.42. The average Bonchev–Trinajstić information content (AvgIpc) is 2.51. The van der Waals surface area contributed by atoms with Gasteiger partial charge >= 0.3 is 12.0 Å². The van der Waals surface area contributed by atoms with Gasteiger partial charge in [-0.25, -0.2) is 13.2 Å². The third-order valence-electron chi connectivity index (χ3n) is 2.81. The van der Waals surface area contributed by atoms with Crippen molar-refractivity contribution in [1.82, 2.24) is 15.4 Å². The molecular weight excluding hydrogens is 386 g/mol. The number of benzene rings is 1. The first-order chi connectivity index (χ1) is 12.0. The molecule has 0 unspecified atom stereocenters. The molecule has 0 saturated heterocycles. The monoisotopic (exact) mass is 405 g/mol. The molecule has 144 valence electrons. The molecule has 1 rings (SSSR count). The molecule has 26 heavy (non-hydrogen) atoms. The smallest absolute Gasteiger partial charge is 0.324 e. The molecule has 0 aliphatic rings. The van der Waals surface area contributed by atoms with Gasteiger partial charge < -0.3 is 10.1 Å². The Balaban J connectivity index is 2.55. The van der Waals surface area contributed by atoms with Crippen molar-refractivity contribution < 1.29 is 27.5 Å². The van der Waals surface area contributed by atoms with Crippen LogP contribution in [0.15, 0.2) is 29.2 Å². The molecule has 0 heterocycles. The van der Waals surface area contributed by atoms with E-state index in [4.69, 9.17) is 16.3 Å². The summed E-state index contributed by atoms with van der Waals surface area (Å²) in [7, 11) is -4.00. The predicted molar refractivity (Wildman–Crippen MR) is 94.0 cm³/mol. The average molecular weight is 406 g/mol. The number of nitrogens with one attached hydrogen (secondary N) is 3. The van der Waals surface area contributed by atoms with Gasteiger partial charge in [-0.2, -0.15) is 4.72 Å². The van der Waals surface area contributed by atoms with Crippen LogP contribution in [0.3, 0.4) is 0 Å². The van der Waals surface area contributed by atoms with Gasteiger partial charge in [-0.1, -0.05) is 17.7 Å². The van der Waals surface area contributed by atoms with Gasteiger partial charge in [0.1, 0.15) is 6.04 Å². The standard InChI is InChI=1S/C15H20ClN3O6S/c1-9(2)17-15(22)18-13(20)8-25-14(21)10(3)19-26(23,24)12-6-4-5-11(16)7-12/h4-7,9-10,19H,8H2,1-3H3,(H2,17,18,20,22)/t10-/m0/s1. The Morgan fingerprint density at radius 1 is 1.19 bits per heavy atom. The van der Waals surface area contributed by atoms with Crippen LogP contribution in [0.25, 0.3) is 0 Å². The van der Waals surface area contributed by atoms with Crippen molar-refractivity contribution in [3.63, 3.8) is 0 Å². The van der Waals surface area contributed by atoms with Gasteiger partial charge in [-0.15, -0.1) is 0 Å². The largest absolute Gasteiger partial charge is 0.454 e. The summed E-state index contributed by atoms with van der Waals surface area (Å²) in [4.78, 5) is 34.5. The van der Waals surface area contributed by atoms with Crippen molar-refractivity contribution in [3.05, 3.63) is 29.3 Å². The van der Waals surface area contributed by atoms with Crippen LogP contribution in [0.5, 0.6) is 0 Å². The number of hydrogen-bond donors (Lipinski definition) is 3. The molecule has 0 aliphatic carbocycles. The third kappa shape index (κ3) is 7.38. The number of carbonyl (C=O) groups is 3. The number of halogens is 1. The van der Waals surface area contributed by atoms with Crippen LogP contribution < -0.4 is 15.4 Å². The van der Waals surface area contributed by atoms with Crippen LogP contribution in [0.4, 0.5) is 4.79 Å². The van der Waals surface area contributed by atoms with E-state index in [0.717, 1.165) is 0 Å². The van der Waals surface area contributed by atoms with Crippen molar-refractivity contribution in [2.45, 2.75) is 37.8 Å². The van der Waals surface area contributed by atoms with E-state index in [-0.39, 0.29) is 16.0 Å². The van der Waals surface area contributed by atoms with E-state index in [2.05, 4.69) is 10.0 Å². The fourth-order valence-corrected chi connectivity index (χ4v) is 3.20. The highest BCUT2D eigenvalue weighted by molar-refractivity contribution is 7.89. The van der Waals surface area contributed by atoms with Crippen LogP contribution in [-0.2, 0) is 24.3 Å². The fraction of sp³-hybridized carbons (Fsp3) is 0.400. The first kappa shape index (κ1) is 21.9. The molecule has 0 bridgehead atoms. The van der Waals surface area contributed by atoms with Crippen LogP contribution in [0.1, 0.15) is 20.8 Å². The Morgan fingerprint density at radius 2 is 1.85 bits per heavy atom. The number of carbonyl (C=O) groups excluding carboxylic acids is 3. The highest BCUT2D eigenvalue weighted by atomic mass is 35.5. The molecule has 1 aromatic carbocycles. The molecule has 9 nitrogen and oxygen atoms in total. The second kappa shape index (κ2) is 9.51. The van der Waals surface area contributed by atoms with E-state index >= 15 is 0 Å². The molecule has 0 spiro atoms. The fourth-order valence-electron chi connectivity index (χ4n) is 1.71. The zero-order valence-corrected chi connectivity index (χ0v) is 16.0. The first-order valence-electron chi connectivity index (χ1n) is 7.56. The molecule has 0 aromatic heterocycles. The summed E-state index contributed by atoms with van der Waals surface area (Å²) >= 11 is 5.75. The minimum absolute atomic E-state index is 0.118. The summed E-state index contributed by atoms with van der Waals surface area (Å²) in [5.41, 5.74) is 0. The van der Waals surface area contributed by atoms with Gasteiger partial charge in [-0.3, -0.25) is 14.9 Å². The number of imide groups is 1. The zero-order chi connectivity index (χ0) is 19.9. The summed E-state index contributed by atoms with van der Waals surface area (Å²) in [5, 5.41) is 4.61. The summed E-state index contributed by atoms with van der Waals surface area (Å²) < 4.78 is 31.2. The van der Waals surface area contributed by atoms with E-state index in [1.807, 2.05) is 5.32 Å². The second-order valence-corrected chi connectivity index (χ2v) is 7.73. The Morgan fingerprint density at radius 3 is 2.42 bits per heavy atom. The molecule has 0 saturated carbocycles. The molecule has 3 N–H and O–H groups in total. The van der Waals surface area contributed by atoms with Crippen LogP contribution in [-0.4, -0.2) is 45.0 Å². The number of amides is 3. The summed E-state index contributed by atoms with van der Waals surface area (Å²) in [5.74, 6) is -1.82. The van der Waals surface area contributed by atoms with Gasteiger partial charge in [0.05, 0.1) is 4.90 Å². The van der Waals surface area contributed by atoms with Gasteiger partial charge in [0.15, 0.2) is 6.61 Å². The maximum absolute atomic E-state index is 12.2. The highest BCUT2D eigenvalue weighted by Crippen LogP contribution is 2.15. The number of sulfonamides is 1. The Labute approximate surface area is 156 Å². The van der Waals surface area contributed by atoms with Crippen molar-refractivity contribution in [3.8, 4) is 0 Å². The van der Waals surface area contributed by atoms with Crippen molar-refractivity contribution in [2.75, 3.05) is 6.61 Å². The quantitative estimate of drug-likeness (QED) is 0.574. The minimum Gasteiger partial charge on any atom is -0.454 e. The lowest BCUT2D eigenvalue weighted by atomic mass is 10.4. The van der Waals surface area contributed by atoms with Crippen LogP contribution in [0.2, 0.25) is 5.02 Å². The van der Waals surface area contributed by atoms with Gasteiger partial charge in [-0.05, 0) is 39.0 Å². The van der Waals surface area contributed by atoms with Crippen LogP contribution >= 0.6 is 11.6 Å². The van der Waals surface area contributed by atoms with Crippen molar-refractivity contribution in [2.24, 2.45) is 0 Å². The van der Waals surface area contributed by atoms with Gasteiger partial charge in [0, 0.05) is 11.1 Å². The summed E-state index contributed by atoms with van der Waals surface area (Å²) in [6.07, 6.45) is 0. The number of urea groups is 1. The Hall–Kier alpha value is -2.17. The SMILES string of the molecule is CC(C)NC(=O)NC(=O)COC(=O)[C@H](C)NS(=O)(=O)c1cccc(Cl)c1. The number of rotatable bonds is 7. The van der Waals surface area contributed by atoms with E-state index in [1.54, 1.807) is 13.8 Å². The molecule has 11 heteroatoms. The number of hydrogen-bond acceptors (Lipinski definition) is 6. The molecule has 1 atom stereocenters. The maximum atomic E-state index is 12.2. The van der Waals surface area contributed by atoms with Crippen molar-refractivity contribution >= 4 is 39.5 Å². The lowest BCUT2D eigenvalue weighted by molar-refractivity contribution is -0.149. The molecule has 0 aliphatic heterocycles. The Kier molecular flexibility index (Phi) is 8.00. The van der Waals surface area contributed by atoms with Gasteiger partial charge in [0.25, 0.3) is 5.91 Å². The Bertz CT molecular complexity index is 781. The normalized spacial score (nSPS) is 12.3. The molecule has 1 aromatic rings. The highest BCUT2D eigenvalue weighted by Gasteiger charge is 2.24. The van der Waals surface area contributed by atoms with Crippen molar-refractivity contribution in [1.29, 1.82) is 0 Å². The minimum atomic E-state index is -4.00. The predicted octanol–water partition coefficient (Wildman–Crippen LogP) is 0.784. The second-order valence-electron chi connectivity index (χ2n) is 5.58. The zero-order valence-electron chi connectivity index (χ0n) is 14.4. The molecule has 0 radical (unpaired) electrons. The van der Waals surface area contributed by atoms with E-state index in [0.29, 0.717) is 0 Å².